The molecule has 134 valence electrons. The summed E-state index contributed by atoms with van der Waals surface area (Å²) in [5.41, 5.74) is 1.63. The zero-order valence-electron chi connectivity index (χ0n) is 14.3. The van der Waals surface area contributed by atoms with Crippen LogP contribution >= 0.6 is 0 Å². The highest BCUT2D eigenvalue weighted by Gasteiger charge is 2.27. The van der Waals surface area contributed by atoms with E-state index in [0.29, 0.717) is 31.1 Å². The SMILES string of the molecule is COC(=O)CN1CCN(Cc2ccc3c(c2)NC(=O)C(C)O3)CC1=O. The number of hydrogen-bond acceptors (Lipinski definition) is 6. The fraction of sp³-hybridized carbons (Fsp3) is 0.471. The van der Waals surface area contributed by atoms with Crippen molar-refractivity contribution in [3.05, 3.63) is 23.8 Å². The lowest BCUT2D eigenvalue weighted by atomic mass is 10.1. The van der Waals surface area contributed by atoms with Gasteiger partial charge in [-0.15, -0.1) is 0 Å². The number of nitrogens with one attached hydrogen (secondary N) is 1. The Morgan fingerprint density at radius 3 is 2.88 bits per heavy atom. The first-order chi connectivity index (χ1) is 12.0. The van der Waals surface area contributed by atoms with Gasteiger partial charge in [0.05, 0.1) is 19.3 Å². The molecule has 1 aromatic carbocycles. The van der Waals surface area contributed by atoms with Crippen LogP contribution in [0.4, 0.5) is 5.69 Å². The van der Waals surface area contributed by atoms with Crippen molar-refractivity contribution in [3.8, 4) is 5.75 Å². The van der Waals surface area contributed by atoms with E-state index in [9.17, 15) is 14.4 Å². The Labute approximate surface area is 145 Å². The van der Waals surface area contributed by atoms with E-state index in [1.54, 1.807) is 6.92 Å². The van der Waals surface area contributed by atoms with Crippen LogP contribution in [0.25, 0.3) is 0 Å². The van der Waals surface area contributed by atoms with Crippen LogP contribution in [0.15, 0.2) is 18.2 Å². The number of hydrogen-bond donors (Lipinski definition) is 1. The highest BCUT2D eigenvalue weighted by Crippen LogP contribution is 2.30. The second kappa shape index (κ2) is 7.10. The third kappa shape index (κ3) is 3.90. The molecule has 1 atom stereocenters. The molecule has 0 saturated carbocycles. The summed E-state index contributed by atoms with van der Waals surface area (Å²) < 4.78 is 10.1. The Morgan fingerprint density at radius 1 is 1.36 bits per heavy atom. The van der Waals surface area contributed by atoms with Crippen LogP contribution in [0.1, 0.15) is 12.5 Å². The molecule has 3 rings (SSSR count). The number of piperazine rings is 1. The largest absolute Gasteiger partial charge is 0.479 e. The molecular weight excluding hydrogens is 326 g/mol. The van der Waals surface area contributed by atoms with Gasteiger partial charge in [0.25, 0.3) is 5.91 Å². The topological polar surface area (TPSA) is 88.2 Å². The highest BCUT2D eigenvalue weighted by molar-refractivity contribution is 5.97. The Hall–Kier alpha value is -2.61. The van der Waals surface area contributed by atoms with Crippen LogP contribution in [0.3, 0.4) is 0 Å². The van der Waals surface area contributed by atoms with E-state index >= 15 is 0 Å². The molecule has 2 aliphatic heterocycles. The molecule has 1 fully saturated rings. The molecule has 1 unspecified atom stereocenters. The molecule has 8 nitrogen and oxygen atoms in total. The van der Waals surface area contributed by atoms with Crippen LogP contribution in [0.5, 0.6) is 5.75 Å². The normalized spacial score (nSPS) is 20.6. The van der Waals surface area contributed by atoms with Gasteiger partial charge in [0.15, 0.2) is 6.10 Å². The quantitative estimate of drug-likeness (QED) is 0.784. The maximum atomic E-state index is 12.2. The number of fused-ring (bicyclic) bond motifs is 1. The molecule has 25 heavy (non-hydrogen) atoms. The average molecular weight is 347 g/mol. The fourth-order valence-corrected chi connectivity index (χ4v) is 2.89. The number of carbonyl (C=O) groups excluding carboxylic acids is 3. The molecule has 0 aliphatic carbocycles. The summed E-state index contributed by atoms with van der Waals surface area (Å²) in [7, 11) is 1.31. The standard InChI is InChI=1S/C17H21N3O5/c1-11-17(23)18-13-7-12(3-4-14(13)25-11)8-19-5-6-20(15(21)9-19)10-16(22)24-2/h3-4,7,11H,5-6,8-10H2,1-2H3,(H,18,23). The number of benzene rings is 1. The number of methoxy groups -OCH3 is 1. The maximum absolute atomic E-state index is 12.2. The van der Waals surface area contributed by atoms with E-state index in [1.807, 2.05) is 23.1 Å². The molecular formula is C17H21N3O5. The van der Waals surface area contributed by atoms with Crippen LogP contribution in [-0.2, 0) is 25.7 Å². The van der Waals surface area contributed by atoms with E-state index in [1.165, 1.54) is 12.0 Å². The predicted octanol–water partition coefficient (Wildman–Crippen LogP) is 0.223. The first kappa shape index (κ1) is 17.2. The summed E-state index contributed by atoms with van der Waals surface area (Å²) >= 11 is 0. The van der Waals surface area contributed by atoms with Crippen molar-refractivity contribution in [3.63, 3.8) is 0 Å². The van der Waals surface area contributed by atoms with E-state index in [2.05, 4.69) is 10.1 Å². The van der Waals surface area contributed by atoms with Gasteiger partial charge in [-0.2, -0.15) is 0 Å². The van der Waals surface area contributed by atoms with Crippen molar-refractivity contribution in [2.45, 2.75) is 19.6 Å². The third-order valence-corrected chi connectivity index (χ3v) is 4.33. The number of rotatable bonds is 4. The molecule has 8 heteroatoms. The Kier molecular flexibility index (Phi) is 4.89. The minimum atomic E-state index is -0.501. The summed E-state index contributed by atoms with van der Waals surface area (Å²) in [4.78, 5) is 38.7. The predicted molar refractivity (Wildman–Crippen MR) is 89.0 cm³/mol. The monoisotopic (exact) mass is 347 g/mol. The summed E-state index contributed by atoms with van der Waals surface area (Å²) in [5, 5.41) is 2.82. The zero-order chi connectivity index (χ0) is 18.0. The number of ether oxygens (including phenoxy) is 2. The summed E-state index contributed by atoms with van der Waals surface area (Å²) in [6, 6.07) is 5.62. The molecule has 0 bridgehead atoms. The van der Waals surface area contributed by atoms with Crippen LogP contribution in [0, 0.1) is 0 Å². The van der Waals surface area contributed by atoms with Crippen molar-refractivity contribution in [1.82, 2.24) is 9.80 Å². The zero-order valence-corrected chi connectivity index (χ0v) is 14.3. The number of amides is 2. The third-order valence-electron chi connectivity index (χ3n) is 4.33. The van der Waals surface area contributed by atoms with Crippen molar-refractivity contribution < 1.29 is 23.9 Å². The maximum Gasteiger partial charge on any atom is 0.325 e. The van der Waals surface area contributed by atoms with Gasteiger partial charge >= 0.3 is 5.97 Å². The Balaban J connectivity index is 1.61. The Bertz CT molecular complexity index is 706. The van der Waals surface area contributed by atoms with E-state index in [-0.39, 0.29) is 24.9 Å². The van der Waals surface area contributed by atoms with Gasteiger partial charge in [-0.25, -0.2) is 0 Å². The van der Waals surface area contributed by atoms with Gasteiger partial charge in [-0.05, 0) is 24.6 Å². The van der Waals surface area contributed by atoms with Gasteiger partial charge in [0.2, 0.25) is 5.91 Å². The second-order valence-corrected chi connectivity index (χ2v) is 6.18. The van der Waals surface area contributed by atoms with Crippen LogP contribution < -0.4 is 10.1 Å². The van der Waals surface area contributed by atoms with Crippen LogP contribution in [-0.4, -0.2) is 67.0 Å². The van der Waals surface area contributed by atoms with Crippen LogP contribution in [0.2, 0.25) is 0 Å². The summed E-state index contributed by atoms with van der Waals surface area (Å²) in [6.45, 7) is 3.66. The van der Waals surface area contributed by atoms with E-state index < -0.39 is 12.1 Å². The number of carbonyl (C=O) groups is 3. The van der Waals surface area contributed by atoms with E-state index in [0.717, 1.165) is 5.56 Å². The lowest BCUT2D eigenvalue weighted by Crippen LogP contribution is -2.51. The number of anilines is 1. The minimum absolute atomic E-state index is 0.0103. The smallest absolute Gasteiger partial charge is 0.325 e. The molecule has 0 aromatic heterocycles. The van der Waals surface area contributed by atoms with Crippen molar-refractivity contribution in [2.75, 3.05) is 38.6 Å². The summed E-state index contributed by atoms with van der Waals surface area (Å²) in [5.74, 6) is -0.0346. The molecule has 0 spiro atoms. The first-order valence-electron chi connectivity index (χ1n) is 8.13. The van der Waals surface area contributed by atoms with Crippen molar-refractivity contribution in [2.24, 2.45) is 0 Å². The van der Waals surface area contributed by atoms with Gasteiger partial charge in [0.1, 0.15) is 12.3 Å². The van der Waals surface area contributed by atoms with Gasteiger partial charge in [-0.1, -0.05) is 6.07 Å². The molecule has 2 aliphatic rings. The van der Waals surface area contributed by atoms with Gasteiger partial charge in [-0.3, -0.25) is 19.3 Å². The fourth-order valence-electron chi connectivity index (χ4n) is 2.89. The minimum Gasteiger partial charge on any atom is -0.479 e. The van der Waals surface area contributed by atoms with Crippen molar-refractivity contribution in [1.29, 1.82) is 0 Å². The first-order valence-corrected chi connectivity index (χ1v) is 8.13. The second-order valence-electron chi connectivity index (χ2n) is 6.18. The lowest BCUT2D eigenvalue weighted by molar-refractivity contribution is -0.149. The number of esters is 1. The van der Waals surface area contributed by atoms with E-state index in [4.69, 9.17) is 4.74 Å². The van der Waals surface area contributed by atoms with Gasteiger partial charge in [0, 0.05) is 19.6 Å². The molecule has 1 N–H and O–H groups in total. The highest BCUT2D eigenvalue weighted by atomic mass is 16.5. The average Bonchev–Trinajstić information content (AvgIpc) is 2.58. The van der Waals surface area contributed by atoms with Gasteiger partial charge < -0.3 is 19.7 Å². The lowest BCUT2D eigenvalue weighted by Gasteiger charge is -2.33. The molecule has 2 heterocycles. The number of nitrogens with zero attached hydrogens (tertiary/aromatic N) is 2. The molecule has 0 radical (unpaired) electrons. The molecule has 1 aromatic rings. The molecule has 1 saturated heterocycles. The molecule has 2 amide bonds. The van der Waals surface area contributed by atoms with Crippen molar-refractivity contribution >= 4 is 23.5 Å². The summed E-state index contributed by atoms with van der Waals surface area (Å²) in [6.07, 6.45) is -0.501. The Morgan fingerprint density at radius 2 is 2.16 bits per heavy atom.